The summed E-state index contributed by atoms with van der Waals surface area (Å²) in [5, 5.41) is 0. The number of benzene rings is 8. The molecule has 4 aliphatic carbocycles. The van der Waals surface area contributed by atoms with E-state index in [1.807, 2.05) is 0 Å². The maximum Gasteiger partial charge on any atom is 0.209 e. The van der Waals surface area contributed by atoms with Crippen molar-refractivity contribution in [2.45, 2.75) is 239 Å². The van der Waals surface area contributed by atoms with E-state index in [1.54, 1.807) is 0 Å². The van der Waals surface area contributed by atoms with Gasteiger partial charge in [0.05, 0.1) is 27.1 Å². The van der Waals surface area contributed by atoms with Crippen molar-refractivity contribution in [1.29, 1.82) is 0 Å². The molecule has 20 rings (SSSR count). The van der Waals surface area contributed by atoms with E-state index in [-0.39, 0.29) is 50.7 Å². The predicted molar refractivity (Wildman–Crippen MR) is 587 cm³/mol. The average molecular weight is 1820 g/mol. The maximum atomic E-state index is 2.72. The Morgan fingerprint density at radius 3 is 0.594 bits per heavy atom. The Hall–Kier alpha value is -12.5. The average Bonchev–Trinajstić information content (AvgIpc) is 1.14. The van der Waals surface area contributed by atoms with E-state index in [2.05, 4.69) is 496 Å². The zero-order chi connectivity index (χ0) is 96.3. The van der Waals surface area contributed by atoms with Crippen LogP contribution >= 0.6 is 0 Å². The Balaban J connectivity index is 0.0000122. The van der Waals surface area contributed by atoms with Crippen LogP contribution in [-0.4, -0.2) is 97.5 Å². The first-order valence-electron chi connectivity index (χ1n) is 50.9. The van der Waals surface area contributed by atoms with Crippen LogP contribution in [0.2, 0.25) is 0 Å². The van der Waals surface area contributed by atoms with E-state index >= 15 is 0 Å². The molecule has 0 radical (unpaired) electrons. The van der Waals surface area contributed by atoms with Crippen LogP contribution in [0.25, 0.3) is 0 Å². The molecule has 8 aromatic rings. The molecular weight excluding hydrogens is 1670 g/mol. The van der Waals surface area contributed by atoms with Crippen LogP contribution in [0.3, 0.4) is 0 Å². The molecule has 8 nitrogen and oxygen atoms in total. The van der Waals surface area contributed by atoms with Crippen molar-refractivity contribution < 1.29 is 18.3 Å². The Morgan fingerprint density at radius 2 is 0.406 bits per heavy atom. The van der Waals surface area contributed by atoms with Gasteiger partial charge in [-0.05, 0) is 270 Å². The van der Waals surface area contributed by atoms with Crippen LogP contribution in [0.4, 0.5) is 45.5 Å². The SMILES string of the molecule is C.CN1C(=CC=C2CCCC(C=CC3=[N+](C)c4ccccc4C3(C)C)=C2C(C2=C(C=CC3=[N+](C)c4ccccc4C3(C)C)CCCC2=CC=C2N(C)c3ccccc3C2(C)C)(C2=C(C=CC3=[N+](C)c4ccccc4C3(C)C)CCCC2=CC=C2N(C)c3ccccc3C2(C)C)C2=C(C=CC3=[N+](C)c4ccccc4C3(C)C)CCCC2=CC=C2N(C)c3ccccc3C2(C)C)C(C)(C)c2ccccc21. The van der Waals surface area contributed by atoms with Crippen LogP contribution in [0.5, 0.6) is 0 Å². The Morgan fingerprint density at radius 1 is 0.225 bits per heavy atom. The number of fused-ring (bicyclic) bond motifs is 8. The minimum absolute atomic E-state index is 0. The fourth-order valence-corrected chi connectivity index (χ4v) is 27.6. The second-order valence-corrected chi connectivity index (χ2v) is 45.2. The van der Waals surface area contributed by atoms with Crippen molar-refractivity contribution in [1.82, 2.24) is 0 Å². The Kier molecular flexibility index (Phi) is 23.8. The minimum Gasteiger partial charge on any atom is -0.347 e. The molecule has 8 heteroatoms. The molecule has 0 N–H and O–H groups in total. The van der Waals surface area contributed by atoms with Gasteiger partial charge in [-0.3, -0.25) is 0 Å². The van der Waals surface area contributed by atoms with Gasteiger partial charge in [-0.25, -0.2) is 0 Å². The number of hydrogen-bond acceptors (Lipinski definition) is 4. The van der Waals surface area contributed by atoms with Gasteiger partial charge in [-0.1, -0.05) is 257 Å². The summed E-state index contributed by atoms with van der Waals surface area (Å²) in [6.07, 6.45) is 53.2. The molecule has 0 saturated carbocycles. The van der Waals surface area contributed by atoms with Gasteiger partial charge in [0.25, 0.3) is 0 Å². The normalized spacial score (nSPS) is 24.1. The third-order valence-corrected chi connectivity index (χ3v) is 34.7. The number of hydrogen-bond donors (Lipinski definition) is 0. The van der Waals surface area contributed by atoms with E-state index < -0.39 is 5.41 Å². The zero-order valence-electron chi connectivity index (χ0n) is 86.3. The first-order valence-corrected chi connectivity index (χ1v) is 50.9. The molecule has 8 aliphatic heterocycles. The highest BCUT2D eigenvalue weighted by Gasteiger charge is 2.57. The number of para-hydroxylation sites is 8. The van der Waals surface area contributed by atoms with Crippen LogP contribution in [0.1, 0.15) is 240 Å². The molecule has 0 amide bonds. The molecule has 138 heavy (non-hydrogen) atoms. The third-order valence-electron chi connectivity index (χ3n) is 34.7. The highest BCUT2D eigenvalue weighted by molar-refractivity contribution is 6.06. The van der Waals surface area contributed by atoms with E-state index in [4.69, 9.17) is 0 Å². The monoisotopic (exact) mass is 1820 g/mol. The minimum atomic E-state index is -1.19. The van der Waals surface area contributed by atoms with Gasteiger partial charge in [-0.15, -0.1) is 0 Å². The lowest BCUT2D eigenvalue weighted by molar-refractivity contribution is -0.401. The molecule has 0 atom stereocenters. The van der Waals surface area contributed by atoms with Crippen molar-refractivity contribution in [2.75, 3.05) is 76.0 Å². The summed E-state index contributed by atoms with van der Waals surface area (Å²) in [6, 6.07) is 73.7. The fourth-order valence-electron chi connectivity index (χ4n) is 27.6. The van der Waals surface area contributed by atoms with E-state index in [0.717, 1.165) is 77.0 Å². The summed E-state index contributed by atoms with van der Waals surface area (Å²) in [7, 11) is 18.6. The lowest BCUT2D eigenvalue weighted by Crippen LogP contribution is -2.40. The molecule has 12 aliphatic rings. The molecule has 704 valence electrons. The van der Waals surface area contributed by atoms with Gasteiger partial charge < -0.3 is 19.6 Å². The summed E-state index contributed by atoms with van der Waals surface area (Å²) in [5.41, 5.74) is 44.0. The van der Waals surface area contributed by atoms with Crippen LogP contribution < -0.4 is 19.6 Å². The number of rotatable bonds is 16. The number of anilines is 4. The molecule has 0 spiro atoms. The Labute approximate surface area is 826 Å². The molecule has 0 bridgehead atoms. The lowest BCUT2D eigenvalue weighted by Gasteiger charge is -2.52. The third kappa shape index (κ3) is 14.7. The molecule has 0 unspecified atom stereocenters. The summed E-state index contributed by atoms with van der Waals surface area (Å²) in [5.74, 6) is 0. The molecule has 0 aromatic heterocycles. The fraction of sp³-hybridized carbons (Fsp3) is 0.354. The Bertz CT molecular complexity index is 6300. The summed E-state index contributed by atoms with van der Waals surface area (Å²) in [6.45, 7) is 39.5. The van der Waals surface area contributed by atoms with E-state index in [9.17, 15) is 0 Å². The van der Waals surface area contributed by atoms with Gasteiger partial charge >= 0.3 is 0 Å². The number of allylic oxidation sites excluding steroid dienone is 32. The second kappa shape index (κ2) is 34.8. The molecule has 8 heterocycles. The van der Waals surface area contributed by atoms with Crippen molar-refractivity contribution in [3.05, 3.63) is 426 Å². The highest BCUT2D eigenvalue weighted by atomic mass is 15.2. The number of nitrogens with zero attached hydrogens (tertiary/aromatic N) is 8. The molecule has 8 aromatic carbocycles. The predicted octanol–water partition coefficient (Wildman–Crippen LogP) is 30.5. The van der Waals surface area contributed by atoms with Gasteiger partial charge in [0.1, 0.15) is 28.2 Å². The highest BCUT2D eigenvalue weighted by Crippen LogP contribution is 2.68. The quantitative estimate of drug-likeness (QED) is 0.0900. The van der Waals surface area contributed by atoms with Crippen molar-refractivity contribution in [3.63, 3.8) is 0 Å². The first kappa shape index (κ1) is 94.4. The molecule has 0 fully saturated rings. The standard InChI is InChI=1S/C129H144N8.CH4/c1-121(2)93-53-25-33-61-101(93)130(17)109(121)77-69-85-45-41-46-86(70-78-110-122(3,4)94-54-26-34-62-102(94)131(110)18)117(85)129(118-87(71-79-111-123(5,6)95-55-27-35-63-103(95)132(111)19)47-42-48-88(118)72-80-112-124(7,8)96-56-28-36-64-104(96)133(112)20,119-89(73-81-113-125(9,10)97-57-29-37-65-105(97)134(113)21)49-43-50-90(119)74-82-114-126(11,12)98-58-30-38-66-106(98)135(114)22)120-91(75-83-115-127(13,14)99-59-31-39-67-107(99)136(115)23)51-44-52-92(120)76-84-116-128(15,16)100-60-32-40-68-108(100)137(116)24;/h25-40,53-84H,41-52H2,1-24H3;1H4/q+4;. The second-order valence-electron chi connectivity index (χ2n) is 45.2. The van der Waals surface area contributed by atoms with Gasteiger partial charge in [0.15, 0.2) is 22.8 Å². The topological polar surface area (TPSA) is 25.0 Å². The van der Waals surface area contributed by atoms with E-state index in [1.165, 1.54) is 203 Å². The summed E-state index contributed by atoms with van der Waals surface area (Å²) < 4.78 is 10.1. The van der Waals surface area contributed by atoms with Gasteiger partial charge in [0, 0.05) is 166 Å². The summed E-state index contributed by atoms with van der Waals surface area (Å²) >= 11 is 0. The van der Waals surface area contributed by atoms with E-state index in [0.29, 0.717) is 0 Å². The zero-order valence-corrected chi connectivity index (χ0v) is 86.3. The lowest BCUT2D eigenvalue weighted by atomic mass is 9.50. The first-order chi connectivity index (χ1) is 65.4. The van der Waals surface area contributed by atoms with Crippen molar-refractivity contribution in [2.24, 2.45) is 5.41 Å². The molecule has 0 saturated heterocycles. The largest absolute Gasteiger partial charge is 0.347 e. The maximum absolute atomic E-state index is 2.72. The van der Waals surface area contributed by atoms with Crippen molar-refractivity contribution in [3.8, 4) is 0 Å². The summed E-state index contributed by atoms with van der Waals surface area (Å²) in [4.78, 5) is 10.1. The van der Waals surface area contributed by atoms with Crippen LogP contribution in [-0.2, 0) is 43.3 Å². The van der Waals surface area contributed by atoms with Crippen LogP contribution in [0, 0.1) is 5.41 Å². The van der Waals surface area contributed by atoms with Gasteiger partial charge in [0.2, 0.25) is 22.7 Å². The van der Waals surface area contributed by atoms with Crippen LogP contribution in [0.15, 0.2) is 381 Å². The van der Waals surface area contributed by atoms with Gasteiger partial charge in [-0.2, -0.15) is 18.3 Å². The number of likely N-dealkylation sites (N-methyl/N-ethyl adjacent to an activating group) is 4. The smallest absolute Gasteiger partial charge is 0.209 e. The molecular formula is C130H148N8+4. The van der Waals surface area contributed by atoms with Crippen molar-refractivity contribution >= 4 is 68.3 Å².